The average molecular weight is 470 g/mol. The van der Waals surface area contributed by atoms with Crippen molar-refractivity contribution in [3.05, 3.63) is 30.0 Å². The zero-order chi connectivity index (χ0) is 23.6. The average Bonchev–Trinajstić information content (AvgIpc) is 3.31. The number of aliphatic hydroxyl groups excluding tert-OH is 1. The molecule has 3 aromatic rings. The molecule has 4 rings (SSSR count). The molecule has 0 radical (unpaired) electrons. The van der Waals surface area contributed by atoms with Crippen LogP contribution in [-0.2, 0) is 9.53 Å². The Bertz CT molecular complexity index is 1120. The van der Waals surface area contributed by atoms with E-state index in [1.165, 1.54) is 6.92 Å². The number of carbonyl (C=O) groups is 1. The van der Waals surface area contributed by atoms with Crippen LogP contribution >= 0.6 is 11.3 Å². The van der Waals surface area contributed by atoms with E-state index in [0.29, 0.717) is 12.5 Å². The van der Waals surface area contributed by atoms with Crippen molar-refractivity contribution in [2.24, 2.45) is 11.8 Å². The van der Waals surface area contributed by atoms with Gasteiger partial charge in [0.15, 0.2) is 0 Å². The second kappa shape index (κ2) is 9.61. The zero-order valence-corrected chi connectivity index (χ0v) is 20.3. The van der Waals surface area contributed by atoms with Crippen LogP contribution in [0.2, 0.25) is 0 Å². The first kappa shape index (κ1) is 23.4. The fourth-order valence-electron chi connectivity index (χ4n) is 4.51. The molecule has 2 heterocycles. The number of aryl methyl sites for hydroxylation is 1. The molecule has 1 aliphatic rings. The summed E-state index contributed by atoms with van der Waals surface area (Å²) in [6, 6.07) is 8.08. The summed E-state index contributed by atoms with van der Waals surface area (Å²) in [6.07, 6.45) is 1.91. The number of aromatic nitrogens is 3. The van der Waals surface area contributed by atoms with Crippen molar-refractivity contribution in [1.82, 2.24) is 15.0 Å². The highest BCUT2D eigenvalue weighted by Gasteiger charge is 2.42. The number of carbonyl (C=O) groups excluding carboxylic acids is 1. The van der Waals surface area contributed by atoms with E-state index >= 15 is 0 Å². The largest absolute Gasteiger partial charge is 0.464 e. The van der Waals surface area contributed by atoms with Gasteiger partial charge in [-0.25, -0.2) is 9.97 Å². The number of rotatable bonds is 8. The molecule has 1 aromatic carbocycles. The lowest BCUT2D eigenvalue weighted by atomic mass is 9.86. The van der Waals surface area contributed by atoms with Crippen LogP contribution in [0.15, 0.2) is 24.3 Å². The number of anilines is 2. The fourth-order valence-corrected chi connectivity index (χ4v) is 5.58. The molecular formula is C24H31N5O3S. The van der Waals surface area contributed by atoms with Crippen molar-refractivity contribution >= 4 is 39.3 Å². The van der Waals surface area contributed by atoms with E-state index in [-0.39, 0.29) is 36.6 Å². The molecule has 0 bridgehead atoms. The van der Waals surface area contributed by atoms with Gasteiger partial charge in [0.1, 0.15) is 17.4 Å². The van der Waals surface area contributed by atoms with Crippen LogP contribution in [-0.4, -0.2) is 51.3 Å². The zero-order valence-electron chi connectivity index (χ0n) is 19.5. The molecule has 0 aliphatic heterocycles. The number of para-hydroxylation sites is 1. The summed E-state index contributed by atoms with van der Waals surface area (Å²) in [5.41, 5.74) is 2.44. The second-order valence-electron chi connectivity index (χ2n) is 8.92. The number of esters is 1. The lowest BCUT2D eigenvalue weighted by molar-refractivity contribution is -0.140. The number of thiazole rings is 1. The number of benzene rings is 1. The second-order valence-corrected chi connectivity index (χ2v) is 9.95. The topological polar surface area (TPSA) is 109 Å². The van der Waals surface area contributed by atoms with Gasteiger partial charge in [0.25, 0.3) is 0 Å². The van der Waals surface area contributed by atoms with Gasteiger partial charge in [-0.2, -0.15) is 4.98 Å². The van der Waals surface area contributed by atoms with Crippen LogP contribution < -0.4 is 10.6 Å². The Morgan fingerprint density at radius 2 is 2.09 bits per heavy atom. The molecule has 0 spiro atoms. The maximum atomic E-state index is 11.0. The molecule has 3 N–H and O–H groups in total. The Morgan fingerprint density at radius 1 is 1.30 bits per heavy atom. The number of nitrogens with zero attached hydrogens (tertiary/aromatic N) is 3. The first-order valence-electron chi connectivity index (χ1n) is 11.3. The molecule has 1 aliphatic carbocycles. The summed E-state index contributed by atoms with van der Waals surface area (Å²) in [7, 11) is 0. The number of nitrogens with one attached hydrogen (secondary N) is 2. The van der Waals surface area contributed by atoms with Crippen LogP contribution in [0.5, 0.6) is 0 Å². The van der Waals surface area contributed by atoms with Gasteiger partial charge in [0, 0.05) is 19.1 Å². The van der Waals surface area contributed by atoms with Gasteiger partial charge in [0.05, 0.1) is 28.0 Å². The SMILES string of the molecule is CC(=O)OCCNc1nc(C)c(-c2nc3ccccc3s2)c(N[C@@]2(C)CC[C@H](CO)[C@H]2C)n1. The Balaban J connectivity index is 1.71. The summed E-state index contributed by atoms with van der Waals surface area (Å²) in [5.74, 6) is 1.42. The lowest BCUT2D eigenvalue weighted by Crippen LogP contribution is -2.40. The molecule has 176 valence electrons. The third-order valence-corrected chi connectivity index (χ3v) is 7.73. The molecule has 8 nitrogen and oxygen atoms in total. The van der Waals surface area contributed by atoms with Crippen molar-refractivity contribution in [2.75, 3.05) is 30.4 Å². The Labute approximate surface area is 197 Å². The van der Waals surface area contributed by atoms with Crippen LogP contribution in [0.4, 0.5) is 11.8 Å². The fraction of sp³-hybridized carbons (Fsp3) is 0.500. The minimum Gasteiger partial charge on any atom is -0.464 e. The third kappa shape index (κ3) is 4.94. The Hall–Kier alpha value is -2.78. The number of fused-ring (bicyclic) bond motifs is 1. The van der Waals surface area contributed by atoms with Gasteiger partial charge < -0.3 is 20.5 Å². The van der Waals surface area contributed by atoms with Gasteiger partial charge in [-0.05, 0) is 50.7 Å². The summed E-state index contributed by atoms with van der Waals surface area (Å²) < 4.78 is 6.12. The van der Waals surface area contributed by atoms with E-state index < -0.39 is 0 Å². The van der Waals surface area contributed by atoms with E-state index in [2.05, 4.69) is 35.5 Å². The minimum atomic E-state index is -0.316. The molecule has 2 aromatic heterocycles. The minimum absolute atomic E-state index is 0.189. The first-order chi connectivity index (χ1) is 15.8. The summed E-state index contributed by atoms with van der Waals surface area (Å²) >= 11 is 1.62. The van der Waals surface area contributed by atoms with Crippen molar-refractivity contribution in [2.45, 2.75) is 46.1 Å². The summed E-state index contributed by atoms with van der Waals surface area (Å²) in [4.78, 5) is 25.4. The highest BCUT2D eigenvalue weighted by molar-refractivity contribution is 7.21. The Kier molecular flexibility index (Phi) is 6.81. The van der Waals surface area contributed by atoms with E-state index in [0.717, 1.165) is 45.1 Å². The molecule has 0 saturated heterocycles. The molecule has 33 heavy (non-hydrogen) atoms. The molecule has 3 atom stereocenters. The van der Waals surface area contributed by atoms with Crippen molar-refractivity contribution in [3.8, 4) is 10.6 Å². The smallest absolute Gasteiger partial charge is 0.302 e. The highest BCUT2D eigenvalue weighted by atomic mass is 32.1. The van der Waals surface area contributed by atoms with Crippen molar-refractivity contribution in [1.29, 1.82) is 0 Å². The summed E-state index contributed by atoms with van der Waals surface area (Å²) in [5, 5.41) is 17.5. The maximum Gasteiger partial charge on any atom is 0.302 e. The maximum absolute atomic E-state index is 11.0. The number of hydrogen-bond donors (Lipinski definition) is 3. The Morgan fingerprint density at radius 3 is 2.79 bits per heavy atom. The predicted octanol–water partition coefficient (Wildman–Crippen LogP) is 4.25. The molecule has 1 fully saturated rings. The number of hydrogen-bond acceptors (Lipinski definition) is 9. The van der Waals surface area contributed by atoms with Gasteiger partial charge in [0.2, 0.25) is 5.95 Å². The van der Waals surface area contributed by atoms with Crippen LogP contribution in [0.1, 0.15) is 39.3 Å². The first-order valence-corrected chi connectivity index (χ1v) is 12.1. The molecule has 0 amide bonds. The van der Waals surface area contributed by atoms with E-state index in [9.17, 15) is 9.90 Å². The van der Waals surface area contributed by atoms with Crippen molar-refractivity contribution < 1.29 is 14.6 Å². The quantitative estimate of drug-likeness (QED) is 0.332. The van der Waals surface area contributed by atoms with Gasteiger partial charge in [-0.15, -0.1) is 11.3 Å². The van der Waals surface area contributed by atoms with E-state index in [4.69, 9.17) is 14.7 Å². The summed E-state index contributed by atoms with van der Waals surface area (Å²) in [6.45, 7) is 8.58. The predicted molar refractivity (Wildman–Crippen MR) is 132 cm³/mol. The molecule has 0 unspecified atom stereocenters. The van der Waals surface area contributed by atoms with E-state index in [1.807, 2.05) is 25.1 Å². The van der Waals surface area contributed by atoms with Gasteiger partial charge in [-0.3, -0.25) is 4.79 Å². The lowest BCUT2D eigenvalue weighted by Gasteiger charge is -2.34. The van der Waals surface area contributed by atoms with Gasteiger partial charge >= 0.3 is 5.97 Å². The van der Waals surface area contributed by atoms with Gasteiger partial charge in [-0.1, -0.05) is 19.1 Å². The monoisotopic (exact) mass is 469 g/mol. The van der Waals surface area contributed by atoms with Crippen LogP contribution in [0.25, 0.3) is 20.8 Å². The third-order valence-electron chi connectivity index (χ3n) is 6.67. The molecule has 9 heteroatoms. The van der Waals surface area contributed by atoms with Crippen molar-refractivity contribution in [3.63, 3.8) is 0 Å². The molecule has 1 saturated carbocycles. The number of ether oxygens (including phenoxy) is 1. The van der Waals surface area contributed by atoms with Crippen LogP contribution in [0, 0.1) is 18.8 Å². The standard InChI is InChI=1S/C24H31N5O3S/c1-14-17(13-30)9-10-24(14,4)29-21-20(22-27-18-7-5-6-8-19(18)33-22)15(2)26-23(28-21)25-11-12-32-16(3)31/h5-8,14,17,30H,9-13H2,1-4H3,(H2,25,26,28,29)/t14-,17-,24+/m1/s1. The molecular weight excluding hydrogens is 438 g/mol. The van der Waals surface area contributed by atoms with E-state index in [1.54, 1.807) is 11.3 Å². The highest BCUT2D eigenvalue weighted by Crippen LogP contribution is 2.44. The van der Waals surface area contributed by atoms with Crippen LogP contribution in [0.3, 0.4) is 0 Å². The normalized spacial score (nSPS) is 22.5. The number of aliphatic hydroxyl groups is 1.